The molecule has 4 aromatic rings. The molecule has 178 valence electrons. The van der Waals surface area contributed by atoms with Crippen LogP contribution in [0.1, 0.15) is 29.6 Å². The van der Waals surface area contributed by atoms with Crippen LogP contribution in [0.2, 0.25) is 0 Å². The van der Waals surface area contributed by atoms with Crippen LogP contribution in [0.25, 0.3) is 55.8 Å². The molecule has 1 N–H and O–H groups in total. The normalized spacial score (nSPS) is 18.6. The van der Waals surface area contributed by atoms with Gasteiger partial charge in [-0.3, -0.25) is 9.59 Å². The summed E-state index contributed by atoms with van der Waals surface area (Å²) in [6, 6.07) is 16.8. The summed E-state index contributed by atoms with van der Waals surface area (Å²) < 4.78 is 2.28. The van der Waals surface area contributed by atoms with Crippen molar-refractivity contribution in [1.82, 2.24) is 19.8 Å². The average molecular weight is 475 g/mol. The number of hydrogen-bond acceptors (Lipinski definition) is 3. The lowest BCUT2D eigenvalue weighted by Crippen LogP contribution is -2.30. The van der Waals surface area contributed by atoms with Crippen LogP contribution >= 0.6 is 0 Å². The van der Waals surface area contributed by atoms with Crippen LogP contribution in [0.15, 0.2) is 48.5 Å². The first-order chi connectivity index (χ1) is 17.7. The maximum Gasteiger partial charge on any atom is 0.253 e. The molecule has 0 unspecified atom stereocenters. The first-order valence-corrected chi connectivity index (χ1v) is 13.0. The van der Waals surface area contributed by atoms with Gasteiger partial charge in [-0.1, -0.05) is 48.5 Å². The second-order valence-corrected chi connectivity index (χ2v) is 10.6. The molecular formula is C30H26N4O2. The molecular weight excluding hydrogens is 448 g/mol. The van der Waals surface area contributed by atoms with Gasteiger partial charge in [0.25, 0.3) is 5.91 Å². The van der Waals surface area contributed by atoms with Crippen molar-refractivity contribution in [3.05, 3.63) is 54.1 Å². The molecule has 2 fully saturated rings. The number of benzene rings is 3. The van der Waals surface area contributed by atoms with Gasteiger partial charge in [0.2, 0.25) is 5.91 Å². The first-order valence-electron chi connectivity index (χ1n) is 13.0. The maximum absolute atomic E-state index is 13.5. The minimum atomic E-state index is -0.0760. The van der Waals surface area contributed by atoms with E-state index in [1.165, 1.54) is 11.1 Å². The Kier molecular flexibility index (Phi) is 3.98. The number of nitrogens with zero attached hydrogens (tertiary/aromatic N) is 3. The Bertz CT molecular complexity index is 1640. The van der Waals surface area contributed by atoms with Gasteiger partial charge in [0.05, 0.1) is 16.6 Å². The molecule has 6 nitrogen and oxygen atoms in total. The monoisotopic (exact) mass is 474 g/mol. The molecule has 2 aliphatic heterocycles. The Morgan fingerprint density at radius 2 is 1.58 bits per heavy atom. The molecule has 1 aromatic heterocycles. The third-order valence-corrected chi connectivity index (χ3v) is 8.51. The average Bonchev–Trinajstić information content (AvgIpc) is 3.56. The maximum atomic E-state index is 13.5. The fourth-order valence-electron chi connectivity index (χ4n) is 6.68. The predicted molar refractivity (Wildman–Crippen MR) is 139 cm³/mol. The van der Waals surface area contributed by atoms with Gasteiger partial charge in [-0.15, -0.1) is 0 Å². The van der Waals surface area contributed by atoms with E-state index in [0.29, 0.717) is 11.8 Å². The van der Waals surface area contributed by atoms with Gasteiger partial charge in [-0.05, 0) is 41.9 Å². The lowest BCUT2D eigenvalue weighted by molar-refractivity contribution is -0.131. The van der Waals surface area contributed by atoms with Crippen molar-refractivity contribution in [3.8, 4) is 44.8 Å². The fraction of sp³-hybridized carbons (Fsp3) is 0.300. The Labute approximate surface area is 208 Å². The molecule has 4 bridgehead atoms. The van der Waals surface area contributed by atoms with Crippen LogP contribution < -0.4 is 5.32 Å². The van der Waals surface area contributed by atoms with Gasteiger partial charge in [0.1, 0.15) is 5.82 Å². The predicted octanol–water partition coefficient (Wildman–Crippen LogP) is 4.95. The summed E-state index contributed by atoms with van der Waals surface area (Å²) in [4.78, 5) is 33.4. The highest BCUT2D eigenvalue weighted by Crippen LogP contribution is 2.59. The van der Waals surface area contributed by atoms with Crippen molar-refractivity contribution in [2.24, 2.45) is 11.8 Å². The molecule has 36 heavy (non-hydrogen) atoms. The first kappa shape index (κ1) is 20.3. The third-order valence-electron chi connectivity index (χ3n) is 8.51. The number of imidazole rings is 1. The second-order valence-electron chi connectivity index (χ2n) is 10.6. The molecule has 2 amide bonds. The summed E-state index contributed by atoms with van der Waals surface area (Å²) >= 11 is 0. The van der Waals surface area contributed by atoms with Gasteiger partial charge >= 0.3 is 0 Å². The Morgan fingerprint density at radius 3 is 2.28 bits per heavy atom. The molecule has 1 saturated heterocycles. The Balaban J connectivity index is 1.35. The molecule has 3 aromatic carbocycles. The largest absolute Gasteiger partial charge is 0.355 e. The smallest absolute Gasteiger partial charge is 0.253 e. The minimum absolute atomic E-state index is 0.0760. The zero-order valence-corrected chi connectivity index (χ0v) is 20.2. The lowest BCUT2D eigenvalue weighted by atomic mass is 9.72. The number of amides is 2. The molecule has 2 aliphatic carbocycles. The van der Waals surface area contributed by atoms with E-state index in [1.54, 1.807) is 7.05 Å². The van der Waals surface area contributed by atoms with E-state index < -0.39 is 0 Å². The zero-order valence-electron chi connectivity index (χ0n) is 20.2. The topological polar surface area (TPSA) is 67.2 Å². The number of hydrogen-bond donors (Lipinski definition) is 1. The summed E-state index contributed by atoms with van der Waals surface area (Å²) in [5.74, 6) is 1.78. The van der Waals surface area contributed by atoms with Crippen LogP contribution in [0.3, 0.4) is 0 Å². The van der Waals surface area contributed by atoms with Crippen molar-refractivity contribution in [1.29, 1.82) is 0 Å². The number of carbonyl (C=O) groups excluding carboxylic acids is 2. The van der Waals surface area contributed by atoms with Gasteiger partial charge in [0, 0.05) is 54.9 Å². The second kappa shape index (κ2) is 7.06. The van der Waals surface area contributed by atoms with E-state index in [2.05, 4.69) is 57.2 Å². The van der Waals surface area contributed by atoms with E-state index in [0.717, 1.165) is 89.1 Å². The molecule has 6 heteroatoms. The van der Waals surface area contributed by atoms with E-state index in [1.807, 2.05) is 6.07 Å². The quantitative estimate of drug-likeness (QED) is 0.368. The van der Waals surface area contributed by atoms with Crippen LogP contribution in [-0.2, 0) is 11.3 Å². The highest BCUT2D eigenvalue weighted by molar-refractivity contribution is 6.27. The number of likely N-dealkylation sites (tertiary alicyclic amines) is 1. The summed E-state index contributed by atoms with van der Waals surface area (Å²) in [7, 11) is 1.70. The van der Waals surface area contributed by atoms with Crippen molar-refractivity contribution >= 4 is 22.8 Å². The zero-order chi connectivity index (χ0) is 24.1. The van der Waals surface area contributed by atoms with Crippen LogP contribution in [0.5, 0.6) is 0 Å². The third kappa shape index (κ3) is 2.54. The van der Waals surface area contributed by atoms with Crippen LogP contribution in [0.4, 0.5) is 0 Å². The van der Waals surface area contributed by atoms with E-state index in [4.69, 9.17) is 4.98 Å². The summed E-state index contributed by atoms with van der Waals surface area (Å²) in [6.45, 7) is 2.36. The van der Waals surface area contributed by atoms with Gasteiger partial charge in [-0.25, -0.2) is 4.98 Å². The molecule has 1 atom stereocenters. The van der Waals surface area contributed by atoms with E-state index >= 15 is 0 Å². The SMILES string of the molecule is CNC(=O)c1c2c(c3c4nc(n(C[C@@H]5CCN(C(=O)C6CC6)C5)c14)-c1ccccc1-3)-c1ccccc1-2. The van der Waals surface area contributed by atoms with E-state index in [9.17, 15) is 9.59 Å². The van der Waals surface area contributed by atoms with Crippen molar-refractivity contribution in [2.45, 2.75) is 25.8 Å². The van der Waals surface area contributed by atoms with Crippen LogP contribution in [-0.4, -0.2) is 46.4 Å². The fourth-order valence-corrected chi connectivity index (χ4v) is 6.68. The summed E-state index contributed by atoms with van der Waals surface area (Å²) in [5.41, 5.74) is 10.5. The molecule has 8 rings (SSSR count). The molecule has 1 saturated carbocycles. The summed E-state index contributed by atoms with van der Waals surface area (Å²) in [6.07, 6.45) is 3.06. The van der Waals surface area contributed by atoms with Crippen molar-refractivity contribution in [3.63, 3.8) is 0 Å². The Morgan fingerprint density at radius 1 is 0.917 bits per heavy atom. The number of pyridine rings is 1. The van der Waals surface area contributed by atoms with Crippen molar-refractivity contribution < 1.29 is 9.59 Å². The van der Waals surface area contributed by atoms with Crippen molar-refractivity contribution in [2.75, 3.05) is 20.1 Å². The van der Waals surface area contributed by atoms with Gasteiger partial charge in [0.15, 0.2) is 0 Å². The lowest BCUT2D eigenvalue weighted by Gasteiger charge is -2.30. The Hall–Kier alpha value is -3.93. The van der Waals surface area contributed by atoms with E-state index in [-0.39, 0.29) is 11.8 Å². The number of rotatable bonds is 4. The van der Waals surface area contributed by atoms with Gasteiger partial charge in [-0.2, -0.15) is 0 Å². The molecule has 3 heterocycles. The standard InChI is InChI=1S/C30H26N4O2/c1-31-29(35)25-23-19-7-3-2-6-18(19)22(23)24-20-8-4-5-9-21(20)28-32-26(24)27(25)34(28)15-16-12-13-33(14-16)30(36)17-10-11-17/h2-9,16-17H,10-15H2,1H3,(H,31,35)/t16-/m1/s1. The number of fused-ring (bicyclic) bond motifs is 9. The number of nitrogens with one attached hydrogen (secondary N) is 1. The summed E-state index contributed by atoms with van der Waals surface area (Å²) in [5, 5.41) is 2.91. The molecule has 4 aliphatic rings. The minimum Gasteiger partial charge on any atom is -0.355 e. The van der Waals surface area contributed by atoms with Crippen LogP contribution in [0, 0.1) is 11.8 Å². The molecule has 0 radical (unpaired) electrons. The number of carbonyl (C=O) groups is 2. The number of aromatic nitrogens is 2. The highest BCUT2D eigenvalue weighted by Gasteiger charge is 2.41. The highest BCUT2D eigenvalue weighted by atomic mass is 16.2. The molecule has 0 spiro atoms. The van der Waals surface area contributed by atoms with Gasteiger partial charge < -0.3 is 14.8 Å².